The van der Waals surface area contributed by atoms with Crippen molar-refractivity contribution < 1.29 is 16.8 Å². The van der Waals surface area contributed by atoms with Gasteiger partial charge in [0.1, 0.15) is 21.2 Å². The van der Waals surface area contributed by atoms with Gasteiger partial charge in [-0.3, -0.25) is 4.72 Å². The largest absolute Gasteiger partial charge is 0.282 e. The second-order valence-electron chi connectivity index (χ2n) is 3.25. The van der Waals surface area contributed by atoms with Crippen LogP contribution in [0.2, 0.25) is 5.28 Å². The highest BCUT2D eigenvalue weighted by Crippen LogP contribution is 2.20. The third-order valence-electron chi connectivity index (χ3n) is 1.85. The summed E-state index contributed by atoms with van der Waals surface area (Å²) in [5, 5.41) is 5.34. The van der Waals surface area contributed by atoms with Crippen molar-refractivity contribution in [1.29, 1.82) is 0 Å². The molecule has 0 unspecified atom stereocenters. The van der Waals surface area contributed by atoms with E-state index in [4.69, 9.17) is 5.14 Å². The molecule has 0 aromatic heterocycles. The number of nitrogens with two attached hydrogens (primary N) is 1. The molecule has 0 atom stereocenters. The van der Waals surface area contributed by atoms with Gasteiger partial charge in [-0.05, 0) is 12.1 Å². The average molecular weight is 290 g/mol. The zero-order valence-corrected chi connectivity index (χ0v) is 11.6. The first kappa shape index (κ1) is 14.5. The van der Waals surface area contributed by atoms with Crippen molar-refractivity contribution in [3.05, 3.63) is 24.3 Å². The molecule has 0 saturated carbocycles. The van der Waals surface area contributed by atoms with Crippen LogP contribution in [0.4, 0.5) is 5.69 Å². The summed E-state index contributed by atoms with van der Waals surface area (Å²) in [6, 6.07) is 5.58. The molecular weight excluding hydrogens is 279 g/mol. The fourth-order valence-electron chi connectivity index (χ4n) is 1.17. The van der Waals surface area contributed by atoms with E-state index in [2.05, 4.69) is 21.0 Å². The van der Waals surface area contributed by atoms with Gasteiger partial charge in [-0.25, -0.2) is 22.0 Å². The van der Waals surface area contributed by atoms with E-state index in [1.165, 1.54) is 24.3 Å². The minimum atomic E-state index is -3.95. The molecular formula is C8H11AlN2O4S2. The maximum Gasteiger partial charge on any atom is 0.240 e. The van der Waals surface area contributed by atoms with E-state index in [9.17, 15) is 16.8 Å². The van der Waals surface area contributed by atoms with Crippen LogP contribution < -0.4 is 9.86 Å². The van der Waals surface area contributed by atoms with Crippen LogP contribution in [0.3, 0.4) is 0 Å². The average Bonchev–Trinajstić information content (AvgIpc) is 2.15. The number of benzene rings is 1. The predicted octanol–water partition coefficient (Wildman–Crippen LogP) is -0.338. The van der Waals surface area contributed by atoms with E-state index in [0.717, 1.165) is 0 Å². The molecule has 92 valence electrons. The first-order valence-electron chi connectivity index (χ1n) is 4.58. The predicted molar refractivity (Wildman–Crippen MR) is 65.8 cm³/mol. The van der Waals surface area contributed by atoms with Gasteiger partial charge in [-0.2, -0.15) is 0 Å². The lowest BCUT2D eigenvalue weighted by molar-refractivity contribution is 0.598. The monoisotopic (exact) mass is 290 g/mol. The molecule has 0 aliphatic carbocycles. The van der Waals surface area contributed by atoms with E-state index in [1.807, 2.05) is 0 Å². The molecule has 1 rings (SSSR count). The Bertz CT molecular complexity index is 598. The van der Waals surface area contributed by atoms with Crippen LogP contribution in [-0.2, 0) is 20.0 Å². The second kappa shape index (κ2) is 5.37. The molecule has 1 aromatic rings. The van der Waals surface area contributed by atoms with Crippen LogP contribution in [0.1, 0.15) is 0 Å². The van der Waals surface area contributed by atoms with Gasteiger partial charge in [-0.1, -0.05) is 12.1 Å². The standard InChI is InChI=1S/C8H11N2O4S2.Al/c1-2-15(11,12)10-7-5-3-4-6-8(7)16(9,13)14;/h3-6,10H,1-2H2,(H2,9,13,14);. The van der Waals surface area contributed by atoms with Crippen molar-refractivity contribution in [2.75, 3.05) is 10.5 Å². The molecule has 0 heterocycles. The highest BCUT2D eigenvalue weighted by Gasteiger charge is 2.17. The van der Waals surface area contributed by atoms with E-state index < -0.39 is 20.0 Å². The molecule has 0 spiro atoms. The summed E-state index contributed by atoms with van der Waals surface area (Å²) >= 11 is 2.28. The lowest BCUT2D eigenvalue weighted by Gasteiger charge is -2.10. The normalized spacial score (nSPS) is 12.3. The Kier molecular flexibility index (Phi) is 4.57. The number of nitrogens with one attached hydrogen (secondary N) is 1. The Morgan fingerprint density at radius 3 is 2.29 bits per heavy atom. The zero-order chi connectivity index (χ0) is 13.1. The summed E-state index contributed by atoms with van der Waals surface area (Å²) in [4.78, 5) is -0.243. The molecule has 17 heavy (non-hydrogen) atoms. The zero-order valence-electron chi connectivity index (χ0n) is 8.83. The molecule has 2 radical (unpaired) electrons. The summed E-state index contributed by atoms with van der Waals surface area (Å²) in [6.07, 6.45) is 0. The molecule has 0 amide bonds. The number of primary sulfonamides is 1. The van der Waals surface area contributed by atoms with E-state index in [1.54, 1.807) is 0 Å². The van der Waals surface area contributed by atoms with Gasteiger partial charge in [0, 0.05) is 0 Å². The Balaban J connectivity index is 3.17. The van der Waals surface area contributed by atoms with Crippen molar-refractivity contribution in [1.82, 2.24) is 0 Å². The summed E-state index contributed by atoms with van der Waals surface area (Å²) in [7, 11) is -7.51. The molecule has 3 N–H and O–H groups in total. The minimum absolute atomic E-state index is 0.0338. The number of rotatable bonds is 5. The van der Waals surface area contributed by atoms with Crippen LogP contribution in [0.25, 0.3) is 0 Å². The Morgan fingerprint density at radius 1 is 1.18 bits per heavy atom. The number of anilines is 1. The van der Waals surface area contributed by atoms with Crippen molar-refractivity contribution in [3.8, 4) is 0 Å². The van der Waals surface area contributed by atoms with Crippen LogP contribution in [-0.4, -0.2) is 38.9 Å². The molecule has 0 aliphatic rings. The van der Waals surface area contributed by atoms with Gasteiger partial charge < -0.3 is 0 Å². The van der Waals surface area contributed by atoms with Crippen molar-refractivity contribution in [3.63, 3.8) is 0 Å². The summed E-state index contributed by atoms with van der Waals surface area (Å²) in [5.41, 5.74) is -0.0338. The number of hydrogen-bond donors (Lipinski definition) is 2. The Morgan fingerprint density at radius 2 is 1.76 bits per heavy atom. The van der Waals surface area contributed by atoms with Crippen molar-refractivity contribution in [2.45, 2.75) is 10.2 Å². The molecule has 0 bridgehead atoms. The lowest BCUT2D eigenvalue weighted by Crippen LogP contribution is -2.20. The van der Waals surface area contributed by atoms with Crippen molar-refractivity contribution in [2.24, 2.45) is 5.14 Å². The minimum Gasteiger partial charge on any atom is -0.282 e. The molecule has 0 aliphatic heterocycles. The van der Waals surface area contributed by atoms with E-state index >= 15 is 0 Å². The van der Waals surface area contributed by atoms with Gasteiger partial charge in [0.2, 0.25) is 20.0 Å². The quantitative estimate of drug-likeness (QED) is 0.724. The lowest BCUT2D eigenvalue weighted by atomic mass is 10.3. The van der Waals surface area contributed by atoms with E-state index in [0.29, 0.717) is 5.28 Å². The van der Waals surface area contributed by atoms with Crippen LogP contribution in [0.5, 0.6) is 0 Å². The topological polar surface area (TPSA) is 106 Å². The van der Waals surface area contributed by atoms with Gasteiger partial charge in [0.15, 0.2) is 0 Å². The number of hydrogen-bond acceptors (Lipinski definition) is 4. The summed E-state index contributed by atoms with van der Waals surface area (Å²) < 4.78 is 47.7. The third-order valence-corrected chi connectivity index (χ3v) is 4.83. The smallest absolute Gasteiger partial charge is 0.240 e. The van der Waals surface area contributed by atoms with E-state index in [-0.39, 0.29) is 16.3 Å². The van der Waals surface area contributed by atoms with Crippen molar-refractivity contribution >= 4 is 42.0 Å². The fraction of sp³-hybridized carbons (Fsp3) is 0.250. The highest BCUT2D eigenvalue weighted by atomic mass is 32.2. The van der Waals surface area contributed by atoms with Gasteiger partial charge in [0.05, 0.1) is 11.4 Å². The Labute approximate surface area is 109 Å². The van der Waals surface area contributed by atoms with Gasteiger partial charge in [-0.15, -0.1) is 5.28 Å². The first-order valence-corrected chi connectivity index (χ1v) is 8.60. The Hall–Kier alpha value is -0.588. The molecule has 6 nitrogen and oxygen atoms in total. The van der Waals surface area contributed by atoms with Crippen LogP contribution >= 0.6 is 0 Å². The highest BCUT2D eigenvalue weighted by molar-refractivity contribution is 7.93. The molecule has 0 fully saturated rings. The summed E-state index contributed by atoms with van der Waals surface area (Å²) in [6.45, 7) is 0. The number of sulfonamides is 2. The SMILES string of the molecule is NS(=O)(=O)c1ccccc1NS(=O)(=O)C[CH2][Al]. The molecule has 9 heteroatoms. The van der Waals surface area contributed by atoms with Gasteiger partial charge >= 0.3 is 0 Å². The first-order chi connectivity index (χ1) is 7.76. The van der Waals surface area contributed by atoms with Crippen LogP contribution in [0, 0.1) is 0 Å². The third kappa shape index (κ3) is 4.29. The maximum atomic E-state index is 11.5. The molecule has 0 saturated heterocycles. The number of para-hydroxylation sites is 1. The fourth-order valence-corrected chi connectivity index (χ4v) is 3.79. The maximum absolute atomic E-state index is 11.5. The summed E-state index contributed by atoms with van der Waals surface area (Å²) in [5.74, 6) is -0.114. The molecule has 1 aromatic carbocycles. The second-order valence-corrected chi connectivity index (χ2v) is 7.20. The van der Waals surface area contributed by atoms with Crippen LogP contribution in [0.15, 0.2) is 29.2 Å². The van der Waals surface area contributed by atoms with Gasteiger partial charge in [0.25, 0.3) is 0 Å².